The Morgan fingerprint density at radius 1 is 1.12 bits per heavy atom. The molecule has 5 heteroatoms. The summed E-state index contributed by atoms with van der Waals surface area (Å²) in [5.41, 5.74) is 1.76. The smallest absolute Gasteiger partial charge is 0.409 e. The van der Waals surface area contributed by atoms with E-state index >= 15 is 0 Å². The maximum Gasteiger partial charge on any atom is 0.409 e. The lowest BCUT2D eigenvalue weighted by atomic mass is 10.1. The Hall–Kier alpha value is -2.04. The van der Waals surface area contributed by atoms with E-state index in [-0.39, 0.29) is 24.2 Å². The van der Waals surface area contributed by atoms with E-state index in [4.69, 9.17) is 9.47 Å². The lowest BCUT2D eigenvalue weighted by molar-refractivity contribution is 0.0265. The van der Waals surface area contributed by atoms with Gasteiger partial charge in [-0.3, -0.25) is 0 Å². The number of carbonyl (C=O) groups is 2. The van der Waals surface area contributed by atoms with Gasteiger partial charge in [-0.05, 0) is 44.9 Å². The fourth-order valence-corrected chi connectivity index (χ4v) is 2.44. The number of esters is 1. The molecule has 0 bridgehead atoms. The van der Waals surface area contributed by atoms with Crippen molar-refractivity contribution in [2.24, 2.45) is 0 Å². The molecule has 24 heavy (non-hydrogen) atoms. The van der Waals surface area contributed by atoms with Crippen molar-refractivity contribution in [3.8, 4) is 0 Å². The minimum atomic E-state index is -0.366. The summed E-state index contributed by atoms with van der Waals surface area (Å²) < 4.78 is 10.4. The summed E-state index contributed by atoms with van der Waals surface area (Å²) in [4.78, 5) is 25.4. The number of hydrogen-bond acceptors (Lipinski definition) is 4. The fourth-order valence-electron chi connectivity index (χ4n) is 2.44. The van der Waals surface area contributed by atoms with E-state index in [2.05, 4.69) is 6.92 Å². The first-order valence-electron chi connectivity index (χ1n) is 8.58. The Balaban J connectivity index is 2.52. The van der Waals surface area contributed by atoms with Crippen molar-refractivity contribution < 1.29 is 19.1 Å². The van der Waals surface area contributed by atoms with Crippen LogP contribution in [0.5, 0.6) is 0 Å². The topological polar surface area (TPSA) is 55.8 Å². The molecule has 0 saturated heterocycles. The number of carbonyl (C=O) groups excluding carboxylic acids is 2. The quantitative estimate of drug-likeness (QED) is 0.673. The van der Waals surface area contributed by atoms with Gasteiger partial charge in [-0.1, -0.05) is 25.5 Å². The number of rotatable bonds is 8. The number of ether oxygens (including phenoxy) is 2. The van der Waals surface area contributed by atoms with Gasteiger partial charge in [0.1, 0.15) is 6.10 Å². The SMILES string of the molecule is CCCc1ccc(C(=O)OC(C)CC(C)N(C)C(=O)OCC)cc1. The highest BCUT2D eigenvalue weighted by molar-refractivity contribution is 5.89. The third kappa shape index (κ3) is 6.22. The Morgan fingerprint density at radius 2 is 1.75 bits per heavy atom. The fraction of sp³-hybridized carbons (Fsp3) is 0.579. The predicted octanol–water partition coefficient (Wildman–Crippen LogP) is 4.05. The average Bonchev–Trinajstić information content (AvgIpc) is 2.55. The van der Waals surface area contributed by atoms with Crippen LogP contribution in [0.2, 0.25) is 0 Å². The normalized spacial score (nSPS) is 13.0. The molecule has 1 amide bonds. The van der Waals surface area contributed by atoms with E-state index < -0.39 is 0 Å². The lowest BCUT2D eigenvalue weighted by Crippen LogP contribution is -2.38. The molecule has 0 aliphatic heterocycles. The highest BCUT2D eigenvalue weighted by Crippen LogP contribution is 2.13. The summed E-state index contributed by atoms with van der Waals surface area (Å²) in [6.45, 7) is 7.97. The predicted molar refractivity (Wildman–Crippen MR) is 94.2 cm³/mol. The summed E-state index contributed by atoms with van der Waals surface area (Å²) in [5.74, 6) is -0.337. The van der Waals surface area contributed by atoms with Crippen molar-refractivity contribution in [1.29, 1.82) is 0 Å². The molecule has 134 valence electrons. The van der Waals surface area contributed by atoms with Crippen molar-refractivity contribution in [2.45, 2.75) is 59.1 Å². The zero-order chi connectivity index (χ0) is 18.1. The molecule has 2 unspecified atom stereocenters. The van der Waals surface area contributed by atoms with Crippen LogP contribution in [0.15, 0.2) is 24.3 Å². The molecule has 0 fully saturated rings. The summed E-state index contributed by atoms with van der Waals surface area (Å²) in [6, 6.07) is 7.44. The van der Waals surface area contributed by atoms with Crippen LogP contribution in [0.3, 0.4) is 0 Å². The van der Waals surface area contributed by atoms with E-state index in [1.54, 1.807) is 26.1 Å². The van der Waals surface area contributed by atoms with Gasteiger partial charge in [-0.25, -0.2) is 9.59 Å². The summed E-state index contributed by atoms with van der Waals surface area (Å²) >= 11 is 0. The van der Waals surface area contributed by atoms with Crippen LogP contribution >= 0.6 is 0 Å². The maximum absolute atomic E-state index is 12.2. The molecular weight excluding hydrogens is 306 g/mol. The molecule has 0 spiro atoms. The van der Waals surface area contributed by atoms with Gasteiger partial charge in [-0.15, -0.1) is 0 Å². The molecular formula is C19H29NO4. The van der Waals surface area contributed by atoms with E-state index in [9.17, 15) is 9.59 Å². The highest BCUT2D eigenvalue weighted by Gasteiger charge is 2.21. The third-order valence-corrected chi connectivity index (χ3v) is 3.93. The van der Waals surface area contributed by atoms with Gasteiger partial charge in [0.05, 0.1) is 12.2 Å². The molecule has 1 aromatic carbocycles. The van der Waals surface area contributed by atoms with Crippen molar-refractivity contribution in [3.63, 3.8) is 0 Å². The number of aryl methyl sites for hydroxylation is 1. The standard InChI is InChI=1S/C19H29NO4/c1-6-8-16-9-11-17(12-10-16)18(21)24-15(4)13-14(3)20(5)19(22)23-7-2/h9-12,14-15H,6-8,13H2,1-5H3. The molecule has 2 atom stereocenters. The summed E-state index contributed by atoms with van der Waals surface area (Å²) in [7, 11) is 1.68. The molecule has 0 heterocycles. The second kappa shape index (κ2) is 9.96. The van der Waals surface area contributed by atoms with Crippen LogP contribution in [0.4, 0.5) is 4.79 Å². The molecule has 0 aliphatic carbocycles. The molecule has 5 nitrogen and oxygen atoms in total. The van der Waals surface area contributed by atoms with Crippen molar-refractivity contribution >= 4 is 12.1 Å². The second-order valence-corrected chi connectivity index (χ2v) is 6.06. The van der Waals surface area contributed by atoms with Crippen LogP contribution in [-0.2, 0) is 15.9 Å². The Labute approximate surface area is 144 Å². The van der Waals surface area contributed by atoms with Crippen molar-refractivity contribution in [2.75, 3.05) is 13.7 Å². The zero-order valence-electron chi connectivity index (χ0n) is 15.4. The molecule has 0 aromatic heterocycles. The van der Waals surface area contributed by atoms with Crippen molar-refractivity contribution in [3.05, 3.63) is 35.4 Å². The van der Waals surface area contributed by atoms with E-state index in [0.717, 1.165) is 12.8 Å². The number of benzene rings is 1. The Bertz CT molecular complexity index is 527. The Kier molecular flexibility index (Phi) is 8.30. The largest absolute Gasteiger partial charge is 0.459 e. The van der Waals surface area contributed by atoms with Crippen LogP contribution in [-0.4, -0.2) is 42.8 Å². The van der Waals surface area contributed by atoms with Gasteiger partial charge in [0.15, 0.2) is 0 Å². The number of amides is 1. The third-order valence-electron chi connectivity index (χ3n) is 3.93. The summed E-state index contributed by atoms with van der Waals surface area (Å²) in [5, 5.41) is 0. The first kappa shape index (κ1) is 20.0. The molecule has 1 rings (SSSR count). The molecule has 0 radical (unpaired) electrons. The van der Waals surface area contributed by atoms with Crippen LogP contribution < -0.4 is 0 Å². The number of nitrogens with zero attached hydrogens (tertiary/aromatic N) is 1. The van der Waals surface area contributed by atoms with Gasteiger partial charge in [0.2, 0.25) is 0 Å². The molecule has 1 aromatic rings. The minimum absolute atomic E-state index is 0.0845. The van der Waals surface area contributed by atoms with Gasteiger partial charge in [0, 0.05) is 19.5 Å². The second-order valence-electron chi connectivity index (χ2n) is 6.06. The first-order valence-corrected chi connectivity index (χ1v) is 8.58. The average molecular weight is 335 g/mol. The monoisotopic (exact) mass is 335 g/mol. The summed E-state index contributed by atoms with van der Waals surface area (Å²) in [6.07, 6.45) is 1.97. The van der Waals surface area contributed by atoms with E-state index in [0.29, 0.717) is 18.6 Å². The molecule has 0 N–H and O–H groups in total. The molecule has 0 aliphatic rings. The zero-order valence-corrected chi connectivity index (χ0v) is 15.4. The maximum atomic E-state index is 12.2. The number of hydrogen-bond donors (Lipinski definition) is 0. The van der Waals surface area contributed by atoms with Crippen molar-refractivity contribution in [1.82, 2.24) is 4.90 Å². The minimum Gasteiger partial charge on any atom is -0.459 e. The van der Waals surface area contributed by atoms with Crippen LogP contribution in [0.1, 0.15) is 56.5 Å². The van der Waals surface area contributed by atoms with Gasteiger partial charge in [0.25, 0.3) is 0 Å². The Morgan fingerprint density at radius 3 is 2.29 bits per heavy atom. The van der Waals surface area contributed by atoms with Gasteiger partial charge < -0.3 is 14.4 Å². The molecule has 0 saturated carbocycles. The van der Waals surface area contributed by atoms with E-state index in [1.807, 2.05) is 26.0 Å². The van der Waals surface area contributed by atoms with Gasteiger partial charge in [-0.2, -0.15) is 0 Å². The van der Waals surface area contributed by atoms with Crippen LogP contribution in [0.25, 0.3) is 0 Å². The lowest BCUT2D eigenvalue weighted by Gasteiger charge is -2.26. The first-order chi connectivity index (χ1) is 11.4. The van der Waals surface area contributed by atoms with Crippen LogP contribution in [0, 0.1) is 0 Å². The highest BCUT2D eigenvalue weighted by atomic mass is 16.6. The van der Waals surface area contributed by atoms with Gasteiger partial charge >= 0.3 is 12.1 Å². The van der Waals surface area contributed by atoms with E-state index in [1.165, 1.54) is 10.5 Å².